The molecular weight excluding hydrogens is 357 g/mol. The second-order valence-corrected chi connectivity index (χ2v) is 8.74. The Bertz CT molecular complexity index is 414. The molecule has 0 spiro atoms. The van der Waals surface area contributed by atoms with Crippen LogP contribution in [0.1, 0.15) is 23.6 Å². The van der Waals surface area contributed by atoms with Crippen LogP contribution in [-0.4, -0.2) is 0 Å². The summed E-state index contributed by atoms with van der Waals surface area (Å²) in [4.78, 5) is 0. The number of alkyl halides is 6. The number of benzene rings is 1. The summed E-state index contributed by atoms with van der Waals surface area (Å²) in [5.74, 6) is 0.190. The maximum absolute atomic E-state index is 5.95. The minimum atomic E-state index is -1.56. The second-order valence-electron chi connectivity index (χ2n) is 4.18. The average Bonchev–Trinajstić information content (AvgIpc) is 2.13. The maximum Gasteiger partial charge on any atom is 0.216 e. The van der Waals surface area contributed by atoms with Crippen molar-refractivity contribution in [1.82, 2.24) is 0 Å². The maximum atomic E-state index is 5.95. The highest BCUT2D eigenvalue weighted by molar-refractivity contribution is 6.67. The number of halogens is 6. The monoisotopic (exact) mass is 365 g/mol. The van der Waals surface area contributed by atoms with E-state index in [1.807, 2.05) is 6.92 Å². The lowest BCUT2D eigenvalue weighted by molar-refractivity contribution is 0.713. The first-order valence-corrected chi connectivity index (χ1v) is 7.39. The molecule has 1 atom stereocenters. The van der Waals surface area contributed by atoms with Crippen LogP contribution in [0.25, 0.3) is 0 Å². The minimum absolute atomic E-state index is 0.190. The zero-order valence-corrected chi connectivity index (χ0v) is 14.0. The fourth-order valence-electron chi connectivity index (χ4n) is 1.57. The fraction of sp³-hybridized carbons (Fsp3) is 0.417. The third-order valence-corrected chi connectivity index (χ3v) is 3.58. The molecule has 1 radical (unpaired) electrons. The molecular formula is C12H11Cl6. The van der Waals surface area contributed by atoms with Gasteiger partial charge in [-0.2, -0.15) is 0 Å². The van der Waals surface area contributed by atoms with Gasteiger partial charge < -0.3 is 0 Å². The fourth-order valence-corrected chi connectivity index (χ4v) is 2.45. The first kappa shape index (κ1) is 17.0. The summed E-state index contributed by atoms with van der Waals surface area (Å²) < 4.78 is -3.10. The van der Waals surface area contributed by atoms with Gasteiger partial charge in [-0.05, 0) is 24.0 Å². The van der Waals surface area contributed by atoms with Crippen molar-refractivity contribution >= 4 is 69.6 Å². The molecule has 0 saturated heterocycles. The lowest BCUT2D eigenvalue weighted by Gasteiger charge is -2.21. The van der Waals surface area contributed by atoms with Crippen LogP contribution in [0.2, 0.25) is 0 Å². The van der Waals surface area contributed by atoms with Crippen molar-refractivity contribution in [2.45, 2.75) is 20.9 Å². The molecule has 101 valence electrons. The van der Waals surface area contributed by atoms with E-state index in [9.17, 15) is 0 Å². The van der Waals surface area contributed by atoms with E-state index in [0.717, 1.165) is 5.56 Å². The largest absolute Gasteiger partial charge is 0.216 e. The summed E-state index contributed by atoms with van der Waals surface area (Å²) in [5.41, 5.74) is 1.87. The summed E-state index contributed by atoms with van der Waals surface area (Å²) in [7, 11) is 0. The van der Waals surface area contributed by atoms with Crippen molar-refractivity contribution in [3.8, 4) is 0 Å². The van der Waals surface area contributed by atoms with Gasteiger partial charge >= 0.3 is 0 Å². The van der Waals surface area contributed by atoms with E-state index in [2.05, 4.69) is 6.92 Å². The van der Waals surface area contributed by atoms with Gasteiger partial charge in [-0.3, -0.25) is 0 Å². The smallest absolute Gasteiger partial charge is 0.0784 e. The lowest BCUT2D eigenvalue weighted by Crippen LogP contribution is -2.11. The van der Waals surface area contributed by atoms with E-state index in [1.165, 1.54) is 0 Å². The van der Waals surface area contributed by atoms with Crippen LogP contribution in [0, 0.1) is 12.8 Å². The molecule has 0 fully saturated rings. The highest BCUT2D eigenvalue weighted by Crippen LogP contribution is 2.45. The molecule has 0 heterocycles. The van der Waals surface area contributed by atoms with Crippen molar-refractivity contribution in [2.75, 3.05) is 0 Å². The van der Waals surface area contributed by atoms with Crippen LogP contribution in [0.4, 0.5) is 0 Å². The van der Waals surface area contributed by atoms with Gasteiger partial charge in [-0.25, -0.2) is 0 Å². The van der Waals surface area contributed by atoms with Gasteiger partial charge in [0.15, 0.2) is 0 Å². The summed E-state index contributed by atoms with van der Waals surface area (Å²) in [6.45, 7) is 5.90. The van der Waals surface area contributed by atoms with Gasteiger partial charge in [-0.1, -0.05) is 95.6 Å². The van der Waals surface area contributed by atoms with Gasteiger partial charge in [0.2, 0.25) is 7.59 Å². The molecule has 1 unspecified atom stereocenters. The molecule has 1 aromatic rings. The number of hydrogen-bond acceptors (Lipinski definition) is 0. The molecule has 0 aromatic heterocycles. The zero-order valence-electron chi connectivity index (χ0n) is 9.49. The molecule has 0 N–H and O–H groups in total. The average molecular weight is 368 g/mol. The van der Waals surface area contributed by atoms with Crippen LogP contribution in [0.3, 0.4) is 0 Å². The quantitative estimate of drug-likeness (QED) is 0.534. The standard InChI is InChI=1S/C12H11Cl6/c1-7(2)5-8-3-4-9(11(13,14)15)6-10(8)12(16,17)18/h3-4,6-7H,1,5H2,2H3. The number of hydrogen-bond donors (Lipinski definition) is 0. The SMILES string of the molecule is [CH2]C(C)Cc1ccc(C(Cl)(Cl)Cl)cc1C(Cl)(Cl)Cl. The molecule has 18 heavy (non-hydrogen) atoms. The summed E-state index contributed by atoms with van der Waals surface area (Å²) in [5, 5.41) is 0. The Balaban J connectivity index is 3.30. The Morgan fingerprint density at radius 2 is 1.61 bits per heavy atom. The number of rotatable bonds is 2. The Kier molecular flexibility index (Phi) is 5.82. The van der Waals surface area contributed by atoms with Gasteiger partial charge in [0, 0.05) is 11.1 Å². The molecule has 6 heteroatoms. The van der Waals surface area contributed by atoms with Crippen molar-refractivity contribution in [2.24, 2.45) is 5.92 Å². The predicted molar refractivity (Wildman–Crippen MR) is 83.1 cm³/mol. The Morgan fingerprint density at radius 1 is 1.06 bits per heavy atom. The van der Waals surface area contributed by atoms with Crippen molar-refractivity contribution in [3.63, 3.8) is 0 Å². The van der Waals surface area contributed by atoms with Gasteiger partial charge in [0.1, 0.15) is 0 Å². The summed E-state index contributed by atoms with van der Waals surface area (Å²) >= 11 is 35.3. The molecule has 0 nitrogen and oxygen atoms in total. The topological polar surface area (TPSA) is 0 Å². The summed E-state index contributed by atoms with van der Waals surface area (Å²) in [6, 6.07) is 5.12. The molecule has 1 rings (SSSR count). The molecule has 0 aliphatic heterocycles. The Hall–Kier alpha value is 0.960. The molecule has 0 aliphatic rings. The van der Waals surface area contributed by atoms with Crippen LogP contribution < -0.4 is 0 Å². The van der Waals surface area contributed by atoms with Crippen LogP contribution in [-0.2, 0) is 14.0 Å². The highest BCUT2D eigenvalue weighted by Gasteiger charge is 2.30. The molecule has 1 aromatic carbocycles. The molecule has 0 saturated carbocycles. The van der Waals surface area contributed by atoms with Crippen molar-refractivity contribution in [3.05, 3.63) is 41.8 Å². The second kappa shape index (κ2) is 6.16. The highest BCUT2D eigenvalue weighted by atomic mass is 35.6. The van der Waals surface area contributed by atoms with E-state index in [0.29, 0.717) is 17.5 Å². The van der Waals surface area contributed by atoms with E-state index in [-0.39, 0.29) is 5.92 Å². The van der Waals surface area contributed by atoms with Gasteiger partial charge in [0.05, 0.1) is 0 Å². The summed E-state index contributed by atoms with van der Waals surface area (Å²) in [6.07, 6.45) is 0.684. The van der Waals surface area contributed by atoms with E-state index >= 15 is 0 Å². The van der Waals surface area contributed by atoms with Crippen LogP contribution >= 0.6 is 69.6 Å². The van der Waals surface area contributed by atoms with Gasteiger partial charge in [0.25, 0.3) is 0 Å². The predicted octanol–water partition coefficient (Wildman–Crippen LogP) is 6.35. The van der Waals surface area contributed by atoms with Crippen molar-refractivity contribution < 1.29 is 0 Å². The normalized spacial score (nSPS) is 13.2. The third-order valence-electron chi connectivity index (χ3n) is 2.31. The van der Waals surface area contributed by atoms with E-state index < -0.39 is 7.59 Å². The van der Waals surface area contributed by atoms with Crippen LogP contribution in [0.5, 0.6) is 0 Å². The van der Waals surface area contributed by atoms with E-state index in [4.69, 9.17) is 69.6 Å². The Morgan fingerprint density at radius 3 is 2.00 bits per heavy atom. The van der Waals surface area contributed by atoms with Crippen LogP contribution in [0.15, 0.2) is 18.2 Å². The zero-order chi connectivity index (χ0) is 14.1. The molecule has 0 bridgehead atoms. The lowest BCUT2D eigenvalue weighted by atomic mass is 9.97. The first-order chi connectivity index (χ1) is 8.01. The van der Waals surface area contributed by atoms with Crippen molar-refractivity contribution in [1.29, 1.82) is 0 Å². The first-order valence-electron chi connectivity index (χ1n) is 5.12. The van der Waals surface area contributed by atoms with E-state index in [1.54, 1.807) is 18.2 Å². The Labute approximate surface area is 137 Å². The third kappa shape index (κ3) is 4.81. The minimum Gasteiger partial charge on any atom is -0.0784 e. The van der Waals surface area contributed by atoms with Gasteiger partial charge in [-0.15, -0.1) is 0 Å². The molecule has 0 amide bonds. The molecule has 0 aliphatic carbocycles.